The van der Waals surface area contributed by atoms with Crippen molar-refractivity contribution in [3.8, 4) is 28.5 Å². The Morgan fingerprint density at radius 3 is 2.81 bits per heavy atom. The van der Waals surface area contributed by atoms with Crippen LogP contribution in [0.25, 0.3) is 22.7 Å². The van der Waals surface area contributed by atoms with Gasteiger partial charge in [-0.1, -0.05) is 23.7 Å². The molecule has 0 amide bonds. The highest BCUT2D eigenvalue weighted by Gasteiger charge is 2.28. The predicted molar refractivity (Wildman–Crippen MR) is 115 cm³/mol. The van der Waals surface area contributed by atoms with Crippen LogP contribution in [0, 0.1) is 12.7 Å². The molecule has 6 nitrogen and oxygen atoms in total. The zero-order valence-electron chi connectivity index (χ0n) is 17.1. The van der Waals surface area contributed by atoms with E-state index in [2.05, 4.69) is 19.7 Å². The van der Waals surface area contributed by atoms with Crippen LogP contribution < -0.4 is 4.74 Å². The summed E-state index contributed by atoms with van der Waals surface area (Å²) in [6.45, 7) is 2.62. The van der Waals surface area contributed by atoms with Crippen molar-refractivity contribution in [1.29, 1.82) is 0 Å². The SMILES string of the molecule is COc1cc(-c2nnc3n2CCCC3c2ccc(F)c(Cl)c2)ccc1-c1cnc(C)o1. The molecule has 1 aliphatic rings. The van der Waals surface area contributed by atoms with E-state index < -0.39 is 5.82 Å². The van der Waals surface area contributed by atoms with Gasteiger partial charge in [-0.05, 0) is 42.7 Å². The molecule has 0 N–H and O–H groups in total. The molecule has 0 fully saturated rings. The fourth-order valence-electron chi connectivity index (χ4n) is 4.15. The molecular formula is C23H20ClFN4O2. The molecule has 1 unspecified atom stereocenters. The minimum absolute atomic E-state index is 0.0198. The first kappa shape index (κ1) is 19.8. The lowest BCUT2D eigenvalue weighted by Gasteiger charge is -2.24. The average Bonchev–Trinajstić information content (AvgIpc) is 3.41. The van der Waals surface area contributed by atoms with Crippen molar-refractivity contribution in [2.24, 2.45) is 0 Å². The topological polar surface area (TPSA) is 66.0 Å². The second kappa shape index (κ2) is 7.81. The summed E-state index contributed by atoms with van der Waals surface area (Å²) in [5, 5.41) is 9.09. The van der Waals surface area contributed by atoms with Gasteiger partial charge in [0.15, 0.2) is 17.5 Å². The van der Waals surface area contributed by atoms with E-state index in [9.17, 15) is 4.39 Å². The number of nitrogens with zero attached hydrogens (tertiary/aromatic N) is 4. The summed E-state index contributed by atoms with van der Waals surface area (Å²) >= 11 is 6.02. The fourth-order valence-corrected chi connectivity index (χ4v) is 4.34. The Kier molecular flexibility index (Phi) is 4.98. The van der Waals surface area contributed by atoms with Gasteiger partial charge in [-0.3, -0.25) is 0 Å². The molecule has 2 aromatic heterocycles. The molecule has 2 aromatic carbocycles. The molecule has 0 bridgehead atoms. The van der Waals surface area contributed by atoms with E-state index in [0.717, 1.165) is 47.7 Å². The second-order valence-corrected chi connectivity index (χ2v) is 7.97. The van der Waals surface area contributed by atoms with E-state index >= 15 is 0 Å². The van der Waals surface area contributed by atoms with E-state index in [1.54, 1.807) is 32.4 Å². The Hall–Kier alpha value is -3.19. The lowest BCUT2D eigenvalue weighted by atomic mass is 9.91. The van der Waals surface area contributed by atoms with Crippen LogP contribution in [0.15, 0.2) is 47.0 Å². The molecular weight excluding hydrogens is 419 g/mol. The third kappa shape index (κ3) is 3.49. The van der Waals surface area contributed by atoms with Gasteiger partial charge < -0.3 is 13.7 Å². The second-order valence-electron chi connectivity index (χ2n) is 7.56. The maximum absolute atomic E-state index is 13.6. The van der Waals surface area contributed by atoms with Crippen molar-refractivity contribution >= 4 is 11.6 Å². The first-order valence-corrected chi connectivity index (χ1v) is 10.4. The van der Waals surface area contributed by atoms with Crippen LogP contribution in [-0.2, 0) is 6.54 Å². The molecule has 0 saturated heterocycles. The Balaban J connectivity index is 1.54. The van der Waals surface area contributed by atoms with Crippen molar-refractivity contribution in [2.45, 2.75) is 32.2 Å². The number of ether oxygens (including phenoxy) is 1. The highest BCUT2D eigenvalue weighted by atomic mass is 35.5. The summed E-state index contributed by atoms with van der Waals surface area (Å²) < 4.78 is 27.0. The van der Waals surface area contributed by atoms with Crippen LogP contribution in [0.1, 0.15) is 36.0 Å². The smallest absolute Gasteiger partial charge is 0.191 e. The van der Waals surface area contributed by atoms with Gasteiger partial charge in [-0.25, -0.2) is 9.37 Å². The summed E-state index contributed by atoms with van der Waals surface area (Å²) in [6.07, 6.45) is 3.56. The highest BCUT2D eigenvalue weighted by Crippen LogP contribution is 2.38. The Bertz CT molecular complexity index is 1270. The highest BCUT2D eigenvalue weighted by molar-refractivity contribution is 6.30. The van der Waals surface area contributed by atoms with Gasteiger partial charge in [-0.15, -0.1) is 10.2 Å². The van der Waals surface area contributed by atoms with Crippen LogP contribution >= 0.6 is 11.6 Å². The fraction of sp³-hybridized carbons (Fsp3) is 0.261. The number of hydrogen-bond acceptors (Lipinski definition) is 5. The van der Waals surface area contributed by atoms with Crippen molar-refractivity contribution < 1.29 is 13.5 Å². The number of oxazole rings is 1. The van der Waals surface area contributed by atoms with Gasteiger partial charge in [0.2, 0.25) is 0 Å². The van der Waals surface area contributed by atoms with Gasteiger partial charge in [-0.2, -0.15) is 0 Å². The third-order valence-corrected chi connectivity index (χ3v) is 5.95. The van der Waals surface area contributed by atoms with Gasteiger partial charge in [0.25, 0.3) is 0 Å². The summed E-state index contributed by atoms with van der Waals surface area (Å²) in [4.78, 5) is 4.17. The molecule has 3 heterocycles. The molecule has 8 heteroatoms. The maximum Gasteiger partial charge on any atom is 0.191 e. The largest absolute Gasteiger partial charge is 0.496 e. The van der Waals surface area contributed by atoms with Crippen LogP contribution in [0.2, 0.25) is 5.02 Å². The first-order chi connectivity index (χ1) is 15.0. The molecule has 0 spiro atoms. The Labute approximate surface area is 183 Å². The average molecular weight is 439 g/mol. The number of rotatable bonds is 4. The molecule has 5 rings (SSSR count). The molecule has 1 atom stereocenters. The number of hydrogen-bond donors (Lipinski definition) is 0. The monoisotopic (exact) mass is 438 g/mol. The number of benzene rings is 2. The summed E-state index contributed by atoms with van der Waals surface area (Å²) in [5.41, 5.74) is 2.66. The van der Waals surface area contributed by atoms with Crippen LogP contribution in [0.5, 0.6) is 5.75 Å². The van der Waals surface area contributed by atoms with Crippen molar-refractivity contribution in [1.82, 2.24) is 19.7 Å². The number of aromatic nitrogens is 4. The molecule has 0 radical (unpaired) electrons. The predicted octanol–water partition coefficient (Wildman–Crippen LogP) is 5.64. The zero-order valence-corrected chi connectivity index (χ0v) is 17.9. The molecule has 4 aromatic rings. The van der Waals surface area contributed by atoms with Gasteiger partial charge >= 0.3 is 0 Å². The first-order valence-electron chi connectivity index (χ1n) is 10.0. The molecule has 1 aliphatic heterocycles. The molecule has 31 heavy (non-hydrogen) atoms. The zero-order chi connectivity index (χ0) is 21.5. The summed E-state index contributed by atoms with van der Waals surface area (Å²) in [5.74, 6) is 3.15. The van der Waals surface area contributed by atoms with E-state index in [1.165, 1.54) is 6.07 Å². The van der Waals surface area contributed by atoms with Crippen LogP contribution in [0.4, 0.5) is 4.39 Å². The van der Waals surface area contributed by atoms with Crippen molar-refractivity contribution in [3.63, 3.8) is 0 Å². The van der Waals surface area contributed by atoms with Gasteiger partial charge in [0, 0.05) is 24.9 Å². The van der Waals surface area contributed by atoms with E-state index in [4.69, 9.17) is 20.8 Å². The lowest BCUT2D eigenvalue weighted by molar-refractivity contribution is 0.414. The lowest BCUT2D eigenvalue weighted by Crippen LogP contribution is -2.18. The van der Waals surface area contributed by atoms with Crippen LogP contribution in [0.3, 0.4) is 0 Å². The maximum atomic E-state index is 13.6. The summed E-state index contributed by atoms with van der Waals surface area (Å²) in [6, 6.07) is 10.7. The molecule has 158 valence electrons. The van der Waals surface area contributed by atoms with E-state index in [0.29, 0.717) is 17.4 Å². The van der Waals surface area contributed by atoms with Crippen molar-refractivity contribution in [3.05, 3.63) is 70.7 Å². The van der Waals surface area contributed by atoms with E-state index in [-0.39, 0.29) is 10.9 Å². The minimum Gasteiger partial charge on any atom is -0.496 e. The Morgan fingerprint density at radius 2 is 2.06 bits per heavy atom. The number of halogens is 2. The molecule has 0 aliphatic carbocycles. The number of fused-ring (bicyclic) bond motifs is 1. The van der Waals surface area contributed by atoms with Gasteiger partial charge in [0.1, 0.15) is 17.4 Å². The quantitative estimate of drug-likeness (QED) is 0.412. The summed E-state index contributed by atoms with van der Waals surface area (Å²) in [7, 11) is 1.62. The molecule has 0 saturated carbocycles. The van der Waals surface area contributed by atoms with Crippen molar-refractivity contribution in [2.75, 3.05) is 7.11 Å². The van der Waals surface area contributed by atoms with Gasteiger partial charge in [0.05, 0.1) is 23.9 Å². The number of methoxy groups -OCH3 is 1. The standard InChI is InChI=1S/C23H20ClFN4O2/c1-13-26-12-21(31-13)17-7-5-15(11-20(17)30-2)22-27-28-23-16(4-3-9-29(22)23)14-6-8-19(25)18(24)10-14/h5-8,10-12,16H,3-4,9H2,1-2H3. The number of aryl methyl sites for hydroxylation is 1. The minimum atomic E-state index is -0.419. The Morgan fingerprint density at radius 1 is 1.19 bits per heavy atom. The van der Waals surface area contributed by atoms with Crippen LogP contribution in [-0.4, -0.2) is 26.9 Å². The van der Waals surface area contributed by atoms with E-state index in [1.807, 2.05) is 18.2 Å². The normalized spacial score (nSPS) is 15.7. The third-order valence-electron chi connectivity index (χ3n) is 5.66.